The Labute approximate surface area is 254 Å². The minimum Gasteiger partial charge on any atom is -0.492 e. The van der Waals surface area contributed by atoms with E-state index in [1.54, 1.807) is 24.3 Å². The lowest BCUT2D eigenvalue weighted by atomic mass is 10.00. The lowest BCUT2D eigenvalue weighted by Crippen LogP contribution is -2.33. The van der Waals surface area contributed by atoms with Gasteiger partial charge in [0.1, 0.15) is 24.2 Å². The number of hydrogen-bond donors (Lipinski definition) is 1. The van der Waals surface area contributed by atoms with Gasteiger partial charge in [0.05, 0.1) is 13.7 Å². The molecule has 1 unspecified atom stereocenters. The van der Waals surface area contributed by atoms with Gasteiger partial charge in [-0.1, -0.05) is 60.7 Å². The zero-order chi connectivity index (χ0) is 30.5. The van der Waals surface area contributed by atoms with Gasteiger partial charge in [0.25, 0.3) is 0 Å². The first kappa shape index (κ1) is 28.7. The van der Waals surface area contributed by atoms with Crippen LogP contribution in [-0.2, 0) is 22.5 Å². The molecule has 1 atom stereocenters. The summed E-state index contributed by atoms with van der Waals surface area (Å²) in [7, 11) is 1.33. The van der Waals surface area contributed by atoms with Crippen LogP contribution in [0.3, 0.4) is 0 Å². The van der Waals surface area contributed by atoms with E-state index in [0.29, 0.717) is 36.4 Å². The third-order valence-electron chi connectivity index (χ3n) is 7.72. The number of nitrogens with one attached hydrogen (secondary N) is 1. The molecule has 1 heterocycles. The van der Waals surface area contributed by atoms with E-state index in [-0.39, 0.29) is 5.78 Å². The van der Waals surface area contributed by atoms with Gasteiger partial charge in [-0.25, -0.2) is 9.18 Å². The second-order valence-corrected chi connectivity index (χ2v) is 10.5. The maximum absolute atomic E-state index is 13.4. The predicted molar refractivity (Wildman–Crippen MR) is 171 cm³/mol. The highest BCUT2D eigenvalue weighted by atomic mass is 19.1. The van der Waals surface area contributed by atoms with Gasteiger partial charge < -0.3 is 19.4 Å². The number of halogens is 1. The number of fused-ring (bicyclic) bond motifs is 3. The van der Waals surface area contributed by atoms with Gasteiger partial charge in [0.15, 0.2) is 5.78 Å². The third kappa shape index (κ3) is 6.03. The molecule has 220 valence electrons. The maximum Gasteiger partial charge on any atom is 0.328 e. The molecule has 1 aromatic heterocycles. The molecular weight excluding hydrogens is 555 g/mol. The van der Waals surface area contributed by atoms with Crippen molar-refractivity contribution in [2.24, 2.45) is 0 Å². The van der Waals surface area contributed by atoms with Crippen LogP contribution >= 0.6 is 0 Å². The van der Waals surface area contributed by atoms with Crippen molar-refractivity contribution in [3.8, 4) is 5.75 Å². The van der Waals surface area contributed by atoms with Crippen molar-refractivity contribution in [1.29, 1.82) is 0 Å². The number of rotatable bonds is 11. The molecule has 0 aliphatic carbocycles. The average molecular weight is 587 g/mol. The van der Waals surface area contributed by atoms with Crippen LogP contribution in [0.15, 0.2) is 121 Å². The van der Waals surface area contributed by atoms with Crippen LogP contribution in [0, 0.1) is 5.82 Å². The average Bonchev–Trinajstić information content (AvgIpc) is 3.38. The minimum atomic E-state index is -0.746. The molecule has 0 fully saturated rings. The van der Waals surface area contributed by atoms with Crippen molar-refractivity contribution in [1.82, 2.24) is 4.57 Å². The van der Waals surface area contributed by atoms with Gasteiger partial charge in [-0.05, 0) is 66.2 Å². The highest BCUT2D eigenvalue weighted by Gasteiger charge is 2.23. The van der Waals surface area contributed by atoms with E-state index < -0.39 is 17.8 Å². The van der Waals surface area contributed by atoms with Crippen molar-refractivity contribution in [2.75, 3.05) is 19.0 Å². The van der Waals surface area contributed by atoms with Crippen molar-refractivity contribution in [2.45, 2.75) is 19.0 Å². The largest absolute Gasteiger partial charge is 0.492 e. The van der Waals surface area contributed by atoms with Crippen molar-refractivity contribution >= 4 is 39.2 Å². The van der Waals surface area contributed by atoms with Gasteiger partial charge in [-0.15, -0.1) is 0 Å². The molecule has 44 heavy (non-hydrogen) atoms. The van der Waals surface area contributed by atoms with Crippen LogP contribution in [0.5, 0.6) is 5.75 Å². The number of carbonyl (C=O) groups excluding carboxylic acids is 2. The number of para-hydroxylation sites is 3. The second kappa shape index (κ2) is 12.8. The summed E-state index contributed by atoms with van der Waals surface area (Å²) in [5.41, 5.74) is 4.46. The van der Waals surface area contributed by atoms with Crippen LogP contribution < -0.4 is 10.1 Å². The topological polar surface area (TPSA) is 69.6 Å². The van der Waals surface area contributed by atoms with E-state index in [0.717, 1.165) is 11.3 Å². The number of carbonyl (C=O) groups is 2. The summed E-state index contributed by atoms with van der Waals surface area (Å²) in [4.78, 5) is 26.0. The van der Waals surface area contributed by atoms with Crippen LogP contribution in [0.2, 0.25) is 0 Å². The van der Waals surface area contributed by atoms with Crippen LogP contribution in [0.25, 0.3) is 21.8 Å². The van der Waals surface area contributed by atoms with E-state index in [1.807, 2.05) is 24.3 Å². The normalized spacial score (nSPS) is 11.8. The first-order chi connectivity index (χ1) is 21.5. The molecular formula is C37H31FN2O4. The maximum atomic E-state index is 13.4. The smallest absolute Gasteiger partial charge is 0.328 e. The summed E-state index contributed by atoms with van der Waals surface area (Å²) in [6.45, 7) is 1.19. The number of esters is 1. The molecule has 0 amide bonds. The zero-order valence-electron chi connectivity index (χ0n) is 24.2. The molecule has 0 saturated heterocycles. The molecule has 0 aliphatic rings. The number of anilines is 1. The van der Waals surface area contributed by atoms with E-state index >= 15 is 0 Å². The summed E-state index contributed by atoms with van der Waals surface area (Å²) in [6.07, 6.45) is 0.327. The number of methoxy groups -OCH3 is 1. The molecule has 0 aliphatic heterocycles. The van der Waals surface area contributed by atoms with Gasteiger partial charge in [0, 0.05) is 45.0 Å². The van der Waals surface area contributed by atoms with E-state index in [2.05, 4.69) is 58.4 Å². The van der Waals surface area contributed by atoms with E-state index in [9.17, 15) is 14.0 Å². The number of nitrogens with zero attached hydrogens (tertiary/aromatic N) is 1. The van der Waals surface area contributed by atoms with Crippen molar-refractivity contribution in [3.05, 3.63) is 144 Å². The number of ketones is 1. The number of benzene rings is 5. The number of hydrogen-bond acceptors (Lipinski definition) is 5. The molecule has 6 rings (SSSR count). The molecule has 0 radical (unpaired) electrons. The molecule has 6 nitrogen and oxygen atoms in total. The highest BCUT2D eigenvalue weighted by Crippen LogP contribution is 2.29. The first-order valence-electron chi connectivity index (χ1n) is 14.4. The quantitative estimate of drug-likeness (QED) is 0.126. The van der Waals surface area contributed by atoms with Crippen LogP contribution in [-0.4, -0.2) is 36.1 Å². The highest BCUT2D eigenvalue weighted by molar-refractivity contribution is 6.12. The van der Waals surface area contributed by atoms with Gasteiger partial charge in [-0.3, -0.25) is 4.79 Å². The summed E-state index contributed by atoms with van der Waals surface area (Å²) >= 11 is 0. The number of ether oxygens (including phenoxy) is 2. The minimum absolute atomic E-state index is 0.279. The zero-order valence-corrected chi connectivity index (χ0v) is 24.2. The molecule has 7 heteroatoms. The first-order valence-corrected chi connectivity index (χ1v) is 14.4. The van der Waals surface area contributed by atoms with Gasteiger partial charge >= 0.3 is 5.97 Å². The van der Waals surface area contributed by atoms with Crippen LogP contribution in [0.4, 0.5) is 10.1 Å². The second-order valence-electron chi connectivity index (χ2n) is 10.5. The Bertz CT molecular complexity index is 1880. The summed E-state index contributed by atoms with van der Waals surface area (Å²) in [5.74, 6) is -0.426. The lowest BCUT2D eigenvalue weighted by Gasteiger charge is -2.20. The monoisotopic (exact) mass is 586 g/mol. The Balaban J connectivity index is 1.13. The van der Waals surface area contributed by atoms with Crippen LogP contribution in [0.1, 0.15) is 21.5 Å². The van der Waals surface area contributed by atoms with Gasteiger partial charge in [0.2, 0.25) is 0 Å². The predicted octanol–water partition coefficient (Wildman–Crippen LogP) is 7.44. The third-order valence-corrected chi connectivity index (χ3v) is 7.72. The molecule has 0 spiro atoms. The Morgan fingerprint density at radius 2 is 1.39 bits per heavy atom. The van der Waals surface area contributed by atoms with E-state index in [4.69, 9.17) is 9.47 Å². The molecule has 5 aromatic carbocycles. The fourth-order valence-electron chi connectivity index (χ4n) is 5.54. The fraction of sp³-hybridized carbons (Fsp3) is 0.135. The molecule has 0 saturated carbocycles. The number of aromatic nitrogens is 1. The SMILES string of the molecule is COC(=O)C(Cc1ccc(OCCn2c3ccccc3c3ccccc32)cc1)Nc1ccccc1C(=O)c1ccc(F)cc1. The van der Waals surface area contributed by atoms with Gasteiger partial charge in [-0.2, -0.15) is 0 Å². The molecule has 1 N–H and O–H groups in total. The Hall–Kier alpha value is -5.43. The lowest BCUT2D eigenvalue weighted by molar-refractivity contribution is -0.141. The van der Waals surface area contributed by atoms with E-state index in [1.165, 1.54) is 53.2 Å². The van der Waals surface area contributed by atoms with Crippen molar-refractivity contribution < 1.29 is 23.5 Å². The summed E-state index contributed by atoms with van der Waals surface area (Å²) in [6, 6.07) is 36.0. The summed E-state index contributed by atoms with van der Waals surface area (Å²) < 4.78 is 26.9. The Kier molecular flexibility index (Phi) is 8.36. The molecule has 6 aromatic rings. The standard InChI is InChI=1S/C37H31FN2O4/c1-43-37(42)33(39-32-11-5-2-10-31(32)36(41)26-16-18-27(38)19-17-26)24-25-14-20-28(21-15-25)44-23-22-40-34-12-6-3-8-29(34)30-9-4-7-13-35(30)40/h2-21,33,39H,22-24H2,1H3. The Morgan fingerprint density at radius 1 is 0.773 bits per heavy atom. The Morgan fingerprint density at radius 3 is 2.05 bits per heavy atom. The van der Waals surface area contributed by atoms with Crippen molar-refractivity contribution in [3.63, 3.8) is 0 Å². The fourth-order valence-corrected chi connectivity index (χ4v) is 5.54. The summed E-state index contributed by atoms with van der Waals surface area (Å²) in [5, 5.41) is 5.65. The molecule has 0 bridgehead atoms.